The van der Waals surface area contributed by atoms with Gasteiger partial charge in [-0.25, -0.2) is 0 Å². The van der Waals surface area contributed by atoms with Gasteiger partial charge in [0, 0.05) is 6.54 Å². The average Bonchev–Trinajstić information content (AvgIpc) is 2.14. The van der Waals surface area contributed by atoms with E-state index in [4.69, 9.17) is 0 Å². The molecule has 1 atom stereocenters. The molecule has 1 heteroatoms. The predicted octanol–water partition coefficient (Wildman–Crippen LogP) is 1.52. The number of rotatable bonds is 1. The maximum absolute atomic E-state index is 3.21. The second-order valence-electron chi connectivity index (χ2n) is 2.38. The molecule has 8 heavy (non-hydrogen) atoms. The Kier molecular flexibility index (Phi) is 1.56. The van der Waals surface area contributed by atoms with E-state index in [1.807, 2.05) is 0 Å². The van der Waals surface area contributed by atoms with Crippen LogP contribution in [0.5, 0.6) is 0 Å². The molecule has 1 aliphatic rings. The van der Waals surface area contributed by atoms with Gasteiger partial charge in [0.1, 0.15) is 0 Å². The molecule has 1 heterocycles. The van der Waals surface area contributed by atoms with Crippen LogP contribution in [0.15, 0.2) is 11.8 Å². The summed E-state index contributed by atoms with van der Waals surface area (Å²) in [6.45, 7) is 5.60. The van der Waals surface area contributed by atoms with Gasteiger partial charge >= 0.3 is 0 Å². The first-order chi connectivity index (χ1) is 3.84. The van der Waals surface area contributed by atoms with Gasteiger partial charge in [0.25, 0.3) is 0 Å². The van der Waals surface area contributed by atoms with E-state index in [-0.39, 0.29) is 0 Å². The lowest BCUT2D eigenvalue weighted by Gasteiger charge is -2.01. The summed E-state index contributed by atoms with van der Waals surface area (Å²) in [5.41, 5.74) is 1.56. The van der Waals surface area contributed by atoms with Gasteiger partial charge in [-0.05, 0) is 18.5 Å². The lowest BCUT2D eigenvalue weighted by atomic mass is 10.0. The van der Waals surface area contributed by atoms with Crippen LogP contribution in [-0.4, -0.2) is 6.54 Å². The Hall–Kier alpha value is -0.460. The lowest BCUT2D eigenvalue weighted by molar-refractivity contribution is 0.678. The van der Waals surface area contributed by atoms with Crippen LogP contribution in [0.1, 0.15) is 20.3 Å². The van der Waals surface area contributed by atoms with Gasteiger partial charge < -0.3 is 5.32 Å². The Balaban J connectivity index is 2.49. The summed E-state index contributed by atoms with van der Waals surface area (Å²) >= 11 is 0. The molecule has 0 aromatic heterocycles. The zero-order valence-electron chi connectivity index (χ0n) is 5.57. The highest BCUT2D eigenvalue weighted by Crippen LogP contribution is 2.16. The van der Waals surface area contributed by atoms with Crippen molar-refractivity contribution in [3.8, 4) is 0 Å². The minimum absolute atomic E-state index is 0.778. The van der Waals surface area contributed by atoms with Crippen molar-refractivity contribution in [2.75, 3.05) is 6.54 Å². The molecule has 1 aliphatic heterocycles. The SMILES string of the molecule is CCC1=CNCC1C. The third-order valence-electron chi connectivity index (χ3n) is 1.75. The minimum atomic E-state index is 0.778. The third kappa shape index (κ3) is 0.857. The maximum atomic E-state index is 3.21. The van der Waals surface area contributed by atoms with Crippen molar-refractivity contribution in [1.29, 1.82) is 0 Å². The van der Waals surface area contributed by atoms with Crippen molar-refractivity contribution < 1.29 is 0 Å². The fraction of sp³-hybridized carbons (Fsp3) is 0.714. The van der Waals surface area contributed by atoms with Crippen LogP contribution in [0.4, 0.5) is 0 Å². The van der Waals surface area contributed by atoms with Gasteiger partial charge in [-0.2, -0.15) is 0 Å². The number of hydrogen-bond donors (Lipinski definition) is 1. The first-order valence-corrected chi connectivity index (χ1v) is 3.27. The summed E-state index contributed by atoms with van der Waals surface area (Å²) in [5.74, 6) is 0.778. The van der Waals surface area contributed by atoms with E-state index in [9.17, 15) is 0 Å². The number of nitrogens with one attached hydrogen (secondary N) is 1. The van der Waals surface area contributed by atoms with Crippen molar-refractivity contribution in [3.63, 3.8) is 0 Å². The summed E-state index contributed by atoms with van der Waals surface area (Å²) in [5, 5.41) is 3.21. The molecule has 0 saturated carbocycles. The Labute approximate surface area is 50.8 Å². The first-order valence-electron chi connectivity index (χ1n) is 3.27. The normalized spacial score (nSPS) is 27.2. The van der Waals surface area contributed by atoms with Gasteiger partial charge in [0.15, 0.2) is 0 Å². The summed E-state index contributed by atoms with van der Waals surface area (Å²) < 4.78 is 0. The van der Waals surface area contributed by atoms with Crippen molar-refractivity contribution in [2.45, 2.75) is 20.3 Å². The molecule has 1 unspecified atom stereocenters. The van der Waals surface area contributed by atoms with E-state index in [1.54, 1.807) is 5.57 Å². The lowest BCUT2D eigenvalue weighted by Crippen LogP contribution is -2.05. The highest BCUT2D eigenvalue weighted by Gasteiger charge is 2.10. The molecule has 0 aromatic carbocycles. The summed E-state index contributed by atoms with van der Waals surface area (Å²) in [4.78, 5) is 0. The van der Waals surface area contributed by atoms with E-state index in [0.29, 0.717) is 0 Å². The fourth-order valence-electron chi connectivity index (χ4n) is 1.09. The van der Waals surface area contributed by atoms with E-state index in [1.165, 1.54) is 6.42 Å². The van der Waals surface area contributed by atoms with Crippen LogP contribution in [-0.2, 0) is 0 Å². The van der Waals surface area contributed by atoms with Crippen molar-refractivity contribution >= 4 is 0 Å². The van der Waals surface area contributed by atoms with Crippen molar-refractivity contribution in [2.24, 2.45) is 5.92 Å². The average molecular weight is 111 g/mol. The Morgan fingerprint density at radius 3 is 2.88 bits per heavy atom. The third-order valence-corrected chi connectivity index (χ3v) is 1.75. The van der Waals surface area contributed by atoms with Crippen LogP contribution in [0, 0.1) is 5.92 Å². The molecule has 0 fully saturated rings. The molecular weight excluding hydrogens is 98.1 g/mol. The largest absolute Gasteiger partial charge is 0.390 e. The van der Waals surface area contributed by atoms with Gasteiger partial charge in [0.05, 0.1) is 0 Å². The zero-order chi connectivity index (χ0) is 5.98. The fourth-order valence-corrected chi connectivity index (χ4v) is 1.09. The van der Waals surface area contributed by atoms with Crippen molar-refractivity contribution in [1.82, 2.24) is 5.32 Å². The minimum Gasteiger partial charge on any atom is -0.390 e. The standard InChI is InChI=1S/C7H13N/c1-3-7-5-8-4-6(7)2/h5-6,8H,3-4H2,1-2H3. The number of hydrogen-bond acceptors (Lipinski definition) is 1. The predicted molar refractivity (Wildman–Crippen MR) is 35.5 cm³/mol. The monoisotopic (exact) mass is 111 g/mol. The first kappa shape index (κ1) is 5.67. The highest BCUT2D eigenvalue weighted by atomic mass is 14.9. The van der Waals surface area contributed by atoms with Crippen LogP contribution < -0.4 is 5.32 Å². The summed E-state index contributed by atoms with van der Waals surface area (Å²) in [6.07, 6.45) is 3.35. The van der Waals surface area contributed by atoms with Crippen LogP contribution in [0.25, 0.3) is 0 Å². The van der Waals surface area contributed by atoms with Gasteiger partial charge in [0.2, 0.25) is 0 Å². The van der Waals surface area contributed by atoms with E-state index in [2.05, 4.69) is 25.4 Å². The Morgan fingerprint density at radius 1 is 1.88 bits per heavy atom. The van der Waals surface area contributed by atoms with Gasteiger partial charge in [-0.1, -0.05) is 19.4 Å². The zero-order valence-corrected chi connectivity index (χ0v) is 5.57. The molecule has 0 aliphatic carbocycles. The second kappa shape index (κ2) is 2.21. The highest BCUT2D eigenvalue weighted by molar-refractivity contribution is 5.09. The molecule has 0 saturated heterocycles. The molecule has 0 aromatic rings. The van der Waals surface area contributed by atoms with E-state index >= 15 is 0 Å². The summed E-state index contributed by atoms with van der Waals surface area (Å²) in [7, 11) is 0. The molecule has 0 radical (unpaired) electrons. The summed E-state index contributed by atoms with van der Waals surface area (Å²) in [6, 6.07) is 0. The molecule has 1 N–H and O–H groups in total. The molecule has 1 nitrogen and oxygen atoms in total. The smallest absolute Gasteiger partial charge is 0.0205 e. The van der Waals surface area contributed by atoms with Crippen LogP contribution >= 0.6 is 0 Å². The Morgan fingerprint density at radius 2 is 2.62 bits per heavy atom. The van der Waals surface area contributed by atoms with Crippen LogP contribution in [0.3, 0.4) is 0 Å². The molecule has 46 valence electrons. The maximum Gasteiger partial charge on any atom is 0.0205 e. The molecular formula is C7H13N. The van der Waals surface area contributed by atoms with E-state index in [0.717, 1.165) is 12.5 Å². The van der Waals surface area contributed by atoms with Crippen molar-refractivity contribution in [3.05, 3.63) is 11.8 Å². The Bertz CT molecular complexity index is 105. The van der Waals surface area contributed by atoms with Gasteiger partial charge in [-0.15, -0.1) is 0 Å². The molecule has 1 rings (SSSR count). The quantitative estimate of drug-likeness (QED) is 0.541. The van der Waals surface area contributed by atoms with Gasteiger partial charge in [-0.3, -0.25) is 0 Å². The molecule has 0 bridgehead atoms. The van der Waals surface area contributed by atoms with E-state index < -0.39 is 0 Å². The second-order valence-corrected chi connectivity index (χ2v) is 2.38. The topological polar surface area (TPSA) is 12.0 Å². The molecule has 0 amide bonds. The molecule has 0 spiro atoms. The van der Waals surface area contributed by atoms with Crippen LogP contribution in [0.2, 0.25) is 0 Å².